The summed E-state index contributed by atoms with van der Waals surface area (Å²) in [7, 11) is -3.58. The average molecular weight is 513 g/mol. The normalized spacial score (nSPS) is 11.4. The fourth-order valence-electron chi connectivity index (χ4n) is 3.55. The molecule has 0 bridgehead atoms. The highest BCUT2D eigenvalue weighted by Crippen LogP contribution is 2.24. The third-order valence-electron chi connectivity index (χ3n) is 5.49. The van der Waals surface area contributed by atoms with Crippen molar-refractivity contribution in [1.29, 1.82) is 0 Å². The summed E-state index contributed by atoms with van der Waals surface area (Å²) in [5.41, 5.74) is 5.97. The molecule has 0 unspecified atom stereocenters. The number of anilines is 2. The van der Waals surface area contributed by atoms with Crippen molar-refractivity contribution in [3.8, 4) is 0 Å². The maximum absolute atomic E-state index is 12.5. The molecule has 7 nitrogen and oxygen atoms in total. The van der Waals surface area contributed by atoms with Gasteiger partial charge < -0.3 is 4.90 Å². The second kappa shape index (κ2) is 11.9. The third-order valence-corrected chi connectivity index (χ3v) is 7.00. The first-order valence-electron chi connectivity index (χ1n) is 11.2. The highest BCUT2D eigenvalue weighted by atomic mass is 35.5. The van der Waals surface area contributed by atoms with Gasteiger partial charge in [-0.25, -0.2) is 13.8 Å². The second-order valence-electron chi connectivity index (χ2n) is 7.87. The predicted octanol–water partition coefficient (Wildman–Crippen LogP) is 4.92. The molecule has 3 aromatic carbocycles. The number of hydrogen-bond donors (Lipinski definition) is 1. The van der Waals surface area contributed by atoms with Crippen LogP contribution in [0.25, 0.3) is 0 Å². The number of rotatable bonds is 10. The number of hydrazone groups is 1. The summed E-state index contributed by atoms with van der Waals surface area (Å²) in [4.78, 5) is 14.7. The number of carbonyl (C=O) groups excluding carboxylic acids is 1. The van der Waals surface area contributed by atoms with Gasteiger partial charge >= 0.3 is 0 Å². The SMILES string of the molecule is CCN(CC)c1ccc(/C=N\NC(=O)c2ccc(N(Cc3ccccc3Cl)S(C)(=O)=O)cc2)cc1. The molecule has 0 spiro atoms. The van der Waals surface area contributed by atoms with Crippen molar-refractivity contribution in [2.75, 3.05) is 28.6 Å². The Morgan fingerprint density at radius 3 is 2.11 bits per heavy atom. The highest BCUT2D eigenvalue weighted by molar-refractivity contribution is 7.92. The summed E-state index contributed by atoms with van der Waals surface area (Å²) < 4.78 is 26.1. The molecule has 184 valence electrons. The van der Waals surface area contributed by atoms with Gasteiger partial charge in [-0.3, -0.25) is 9.10 Å². The molecule has 0 aromatic heterocycles. The van der Waals surface area contributed by atoms with E-state index in [0.717, 1.165) is 30.6 Å². The van der Waals surface area contributed by atoms with Crippen LogP contribution in [-0.2, 0) is 16.6 Å². The zero-order valence-corrected chi connectivity index (χ0v) is 21.6. The van der Waals surface area contributed by atoms with Gasteiger partial charge in [0.25, 0.3) is 5.91 Å². The van der Waals surface area contributed by atoms with Gasteiger partial charge in [0.2, 0.25) is 10.0 Å². The molecule has 3 aromatic rings. The zero-order chi connectivity index (χ0) is 25.4. The van der Waals surface area contributed by atoms with E-state index in [-0.39, 0.29) is 6.54 Å². The Labute approximate surface area is 212 Å². The lowest BCUT2D eigenvalue weighted by atomic mass is 10.2. The van der Waals surface area contributed by atoms with Crippen LogP contribution in [0.3, 0.4) is 0 Å². The van der Waals surface area contributed by atoms with Crippen LogP contribution in [0.15, 0.2) is 77.9 Å². The van der Waals surface area contributed by atoms with E-state index in [1.165, 1.54) is 4.31 Å². The molecule has 0 atom stereocenters. The molecule has 0 aliphatic heterocycles. The summed E-state index contributed by atoms with van der Waals surface area (Å²) in [5.74, 6) is -0.399. The molecular formula is C26H29ClN4O3S. The summed E-state index contributed by atoms with van der Waals surface area (Å²) >= 11 is 6.21. The minimum atomic E-state index is -3.58. The van der Waals surface area contributed by atoms with Gasteiger partial charge in [-0.15, -0.1) is 0 Å². The number of sulfonamides is 1. The smallest absolute Gasteiger partial charge is 0.271 e. The van der Waals surface area contributed by atoms with E-state index in [4.69, 9.17) is 11.6 Å². The van der Waals surface area contributed by atoms with Gasteiger partial charge in [-0.2, -0.15) is 5.10 Å². The third kappa shape index (κ3) is 7.07. The molecule has 1 N–H and O–H groups in total. The monoisotopic (exact) mass is 512 g/mol. The van der Waals surface area contributed by atoms with Crippen LogP contribution in [0.5, 0.6) is 0 Å². The molecule has 0 fully saturated rings. The summed E-state index contributed by atoms with van der Waals surface area (Å²) in [6, 6.07) is 21.3. The maximum atomic E-state index is 12.5. The molecule has 0 saturated heterocycles. The van der Waals surface area contributed by atoms with Crippen molar-refractivity contribution >= 4 is 45.1 Å². The largest absolute Gasteiger partial charge is 0.372 e. The Balaban J connectivity index is 1.67. The Morgan fingerprint density at radius 2 is 1.54 bits per heavy atom. The highest BCUT2D eigenvalue weighted by Gasteiger charge is 2.19. The predicted molar refractivity (Wildman–Crippen MR) is 144 cm³/mol. The van der Waals surface area contributed by atoms with Crippen molar-refractivity contribution in [2.45, 2.75) is 20.4 Å². The lowest BCUT2D eigenvalue weighted by molar-refractivity contribution is 0.0955. The summed E-state index contributed by atoms with van der Waals surface area (Å²) in [6.07, 6.45) is 2.71. The molecule has 9 heteroatoms. The molecule has 3 rings (SSSR count). The fourth-order valence-corrected chi connectivity index (χ4v) is 4.62. The first-order chi connectivity index (χ1) is 16.7. The number of carbonyl (C=O) groups is 1. The molecule has 0 heterocycles. The molecular weight excluding hydrogens is 484 g/mol. The molecule has 0 aliphatic carbocycles. The van der Waals surface area contributed by atoms with Gasteiger partial charge in [-0.1, -0.05) is 41.9 Å². The van der Waals surface area contributed by atoms with Crippen LogP contribution in [0.1, 0.15) is 35.3 Å². The second-order valence-corrected chi connectivity index (χ2v) is 10.2. The molecule has 0 aliphatic rings. The topological polar surface area (TPSA) is 82.1 Å². The van der Waals surface area contributed by atoms with E-state index in [9.17, 15) is 13.2 Å². The van der Waals surface area contributed by atoms with Crippen LogP contribution in [0, 0.1) is 0 Å². The number of amides is 1. The number of nitrogens with zero attached hydrogens (tertiary/aromatic N) is 3. The summed E-state index contributed by atoms with van der Waals surface area (Å²) in [6.45, 7) is 6.17. The van der Waals surface area contributed by atoms with E-state index in [2.05, 4.69) is 29.3 Å². The molecule has 1 amide bonds. The Bertz CT molecular complexity index is 1270. The number of hydrogen-bond acceptors (Lipinski definition) is 5. The Morgan fingerprint density at radius 1 is 0.943 bits per heavy atom. The van der Waals surface area contributed by atoms with Gasteiger partial charge in [0.05, 0.1) is 24.7 Å². The lowest BCUT2D eigenvalue weighted by Crippen LogP contribution is -2.29. The molecule has 35 heavy (non-hydrogen) atoms. The van der Waals surface area contributed by atoms with Crippen molar-refractivity contribution in [3.63, 3.8) is 0 Å². The summed E-state index contributed by atoms with van der Waals surface area (Å²) in [5, 5.41) is 4.52. The van der Waals surface area contributed by atoms with Crippen molar-refractivity contribution in [1.82, 2.24) is 5.43 Å². The fraction of sp³-hybridized carbons (Fsp3) is 0.231. The zero-order valence-electron chi connectivity index (χ0n) is 20.0. The standard InChI is InChI=1S/C26H29ClN4O3S/c1-4-30(5-2)23-14-10-20(11-15-23)18-28-29-26(32)21-12-16-24(17-13-21)31(35(3,33)34)19-22-8-6-7-9-25(22)27/h6-18H,4-5,19H2,1-3H3,(H,29,32)/b28-18-. The van der Waals surface area contributed by atoms with Gasteiger partial charge in [0, 0.05) is 29.4 Å². The Kier molecular flexibility index (Phi) is 8.89. The lowest BCUT2D eigenvalue weighted by Gasteiger charge is -2.23. The minimum Gasteiger partial charge on any atom is -0.372 e. The first kappa shape index (κ1) is 26.2. The molecule has 0 saturated carbocycles. The average Bonchev–Trinajstić information content (AvgIpc) is 2.84. The van der Waals surface area contributed by atoms with Gasteiger partial charge in [-0.05, 0) is 67.4 Å². The van der Waals surface area contributed by atoms with E-state index < -0.39 is 15.9 Å². The first-order valence-corrected chi connectivity index (χ1v) is 13.4. The quantitative estimate of drug-likeness (QED) is 0.309. The van der Waals surface area contributed by atoms with E-state index in [0.29, 0.717) is 21.8 Å². The maximum Gasteiger partial charge on any atom is 0.271 e. The van der Waals surface area contributed by atoms with E-state index in [1.54, 1.807) is 54.7 Å². The van der Waals surface area contributed by atoms with Crippen LogP contribution in [0.4, 0.5) is 11.4 Å². The van der Waals surface area contributed by atoms with Crippen LogP contribution in [-0.4, -0.2) is 39.9 Å². The van der Waals surface area contributed by atoms with E-state index in [1.807, 2.05) is 24.3 Å². The van der Waals surface area contributed by atoms with Crippen molar-refractivity contribution in [3.05, 3.63) is 94.5 Å². The van der Waals surface area contributed by atoms with Gasteiger partial charge in [0.1, 0.15) is 0 Å². The van der Waals surface area contributed by atoms with E-state index >= 15 is 0 Å². The van der Waals surface area contributed by atoms with Crippen molar-refractivity contribution < 1.29 is 13.2 Å². The molecule has 0 radical (unpaired) electrons. The number of halogens is 1. The minimum absolute atomic E-state index is 0.0847. The number of benzene rings is 3. The van der Waals surface area contributed by atoms with Crippen LogP contribution in [0.2, 0.25) is 5.02 Å². The van der Waals surface area contributed by atoms with Crippen molar-refractivity contribution in [2.24, 2.45) is 5.10 Å². The number of nitrogens with one attached hydrogen (secondary N) is 1. The van der Waals surface area contributed by atoms with Crippen LogP contribution < -0.4 is 14.6 Å². The Hall–Kier alpha value is -3.36. The van der Waals surface area contributed by atoms with Gasteiger partial charge in [0.15, 0.2) is 0 Å². The van der Waals surface area contributed by atoms with Crippen LogP contribution >= 0.6 is 11.6 Å².